The largest absolute Gasteiger partial charge is 0.358 e. The van der Waals surface area contributed by atoms with Gasteiger partial charge in [0.15, 0.2) is 0 Å². The topological polar surface area (TPSA) is 41.1 Å². The highest BCUT2D eigenvalue weighted by Crippen LogP contribution is 2.03. The highest BCUT2D eigenvalue weighted by Gasteiger charge is 2.08. The molecule has 88 valence electrons. The molecule has 1 aromatic carbocycles. The Morgan fingerprint density at radius 2 is 2.25 bits per heavy atom. The van der Waals surface area contributed by atoms with Gasteiger partial charge < -0.3 is 10.6 Å². The van der Waals surface area contributed by atoms with Gasteiger partial charge in [0.2, 0.25) is 5.91 Å². The molecule has 0 aliphatic carbocycles. The van der Waals surface area contributed by atoms with Crippen LogP contribution in [0.15, 0.2) is 24.3 Å². The van der Waals surface area contributed by atoms with Gasteiger partial charge in [0.05, 0.1) is 6.04 Å². The molecular weight excluding hydrogens is 207 g/mol. The summed E-state index contributed by atoms with van der Waals surface area (Å²) in [4.78, 5) is 11.2. The number of likely N-dealkylation sites (N-methyl/N-ethyl adjacent to an activating group) is 1. The monoisotopic (exact) mass is 224 g/mol. The lowest BCUT2D eigenvalue weighted by molar-refractivity contribution is -0.122. The van der Waals surface area contributed by atoms with Gasteiger partial charge in [-0.15, -0.1) is 0 Å². The lowest BCUT2D eigenvalue weighted by atomic mass is 10.1. The summed E-state index contributed by atoms with van der Waals surface area (Å²) in [6.07, 6.45) is 0.707. The van der Waals surface area contributed by atoms with Crippen molar-refractivity contribution in [1.29, 1.82) is 0 Å². The van der Waals surface area contributed by atoms with E-state index in [4.69, 9.17) is 0 Å². The van der Waals surface area contributed by atoms with E-state index < -0.39 is 0 Å². The maximum Gasteiger partial charge on any atom is 0.236 e. The summed E-state index contributed by atoms with van der Waals surface area (Å²) in [5.74, 6) is -0.268. The Kier molecular flexibility index (Phi) is 4.92. The zero-order valence-electron chi connectivity index (χ0n) is 9.59. The fourth-order valence-corrected chi connectivity index (χ4v) is 1.43. The van der Waals surface area contributed by atoms with E-state index in [1.54, 1.807) is 20.0 Å². The van der Waals surface area contributed by atoms with Gasteiger partial charge in [0.25, 0.3) is 0 Å². The predicted octanol–water partition coefficient (Wildman–Crippen LogP) is 1.09. The van der Waals surface area contributed by atoms with Gasteiger partial charge in [-0.05, 0) is 37.6 Å². The molecule has 0 bridgehead atoms. The first-order chi connectivity index (χ1) is 7.63. The normalized spacial score (nSPS) is 12.2. The first kappa shape index (κ1) is 12.6. The molecule has 0 saturated carbocycles. The average Bonchev–Trinajstić information content (AvgIpc) is 2.28. The minimum absolute atomic E-state index is 0.0424. The fraction of sp³-hybridized carbons (Fsp3) is 0.417. The van der Waals surface area contributed by atoms with E-state index in [9.17, 15) is 9.18 Å². The van der Waals surface area contributed by atoms with Crippen molar-refractivity contribution in [2.75, 3.05) is 13.6 Å². The summed E-state index contributed by atoms with van der Waals surface area (Å²) in [6.45, 7) is 2.45. The van der Waals surface area contributed by atoms with Crippen LogP contribution >= 0.6 is 0 Å². The van der Waals surface area contributed by atoms with E-state index in [1.165, 1.54) is 12.1 Å². The lowest BCUT2D eigenvalue weighted by Crippen LogP contribution is -2.41. The number of halogens is 1. The maximum atomic E-state index is 12.9. The minimum atomic E-state index is -0.225. The van der Waals surface area contributed by atoms with Crippen molar-refractivity contribution in [2.24, 2.45) is 0 Å². The van der Waals surface area contributed by atoms with E-state index >= 15 is 0 Å². The number of carbonyl (C=O) groups is 1. The highest BCUT2D eigenvalue weighted by molar-refractivity contribution is 5.80. The third-order valence-electron chi connectivity index (χ3n) is 2.39. The van der Waals surface area contributed by atoms with Crippen molar-refractivity contribution in [2.45, 2.75) is 19.4 Å². The smallest absolute Gasteiger partial charge is 0.236 e. The van der Waals surface area contributed by atoms with Gasteiger partial charge in [-0.25, -0.2) is 4.39 Å². The zero-order valence-corrected chi connectivity index (χ0v) is 9.59. The third-order valence-corrected chi connectivity index (χ3v) is 2.39. The van der Waals surface area contributed by atoms with Crippen molar-refractivity contribution in [3.63, 3.8) is 0 Å². The van der Waals surface area contributed by atoms with Crippen molar-refractivity contribution in [3.05, 3.63) is 35.6 Å². The second-order valence-corrected chi connectivity index (χ2v) is 3.67. The van der Waals surface area contributed by atoms with Gasteiger partial charge in [-0.1, -0.05) is 12.1 Å². The second-order valence-electron chi connectivity index (χ2n) is 3.67. The summed E-state index contributed by atoms with van der Waals surface area (Å²) < 4.78 is 12.9. The average molecular weight is 224 g/mol. The van der Waals surface area contributed by atoms with Crippen molar-refractivity contribution >= 4 is 5.91 Å². The number of benzene rings is 1. The van der Waals surface area contributed by atoms with Crippen LogP contribution in [0, 0.1) is 5.82 Å². The number of nitrogens with one attached hydrogen (secondary N) is 2. The van der Waals surface area contributed by atoms with Crippen LogP contribution in [0.3, 0.4) is 0 Å². The van der Waals surface area contributed by atoms with E-state index in [2.05, 4.69) is 10.6 Å². The Morgan fingerprint density at radius 3 is 2.88 bits per heavy atom. The molecule has 1 aromatic rings. The SMILES string of the molecule is CNC(=O)C(C)NCCc1cccc(F)c1. The predicted molar refractivity (Wildman–Crippen MR) is 61.6 cm³/mol. The Bertz CT molecular complexity index is 355. The molecule has 2 N–H and O–H groups in total. The molecule has 3 nitrogen and oxygen atoms in total. The summed E-state index contributed by atoms with van der Waals surface area (Å²) in [6, 6.07) is 6.26. The second kappa shape index (κ2) is 6.23. The quantitative estimate of drug-likeness (QED) is 0.786. The standard InChI is InChI=1S/C12H17FN2O/c1-9(12(16)14-2)15-7-6-10-4-3-5-11(13)8-10/h3-5,8-9,15H,6-7H2,1-2H3,(H,14,16). The molecule has 0 saturated heterocycles. The van der Waals surface area contributed by atoms with Crippen LogP contribution in [-0.2, 0) is 11.2 Å². The van der Waals surface area contributed by atoms with Crippen LogP contribution in [0.25, 0.3) is 0 Å². The molecule has 0 aromatic heterocycles. The molecule has 4 heteroatoms. The van der Waals surface area contributed by atoms with Crippen LogP contribution in [-0.4, -0.2) is 25.5 Å². The first-order valence-corrected chi connectivity index (χ1v) is 5.33. The molecule has 0 aliphatic rings. The number of amides is 1. The lowest BCUT2D eigenvalue weighted by Gasteiger charge is -2.11. The van der Waals surface area contributed by atoms with Crippen molar-refractivity contribution in [3.8, 4) is 0 Å². The highest BCUT2D eigenvalue weighted by atomic mass is 19.1. The molecule has 0 heterocycles. The van der Waals surface area contributed by atoms with Crippen molar-refractivity contribution in [1.82, 2.24) is 10.6 Å². The Balaban J connectivity index is 2.33. The fourth-order valence-electron chi connectivity index (χ4n) is 1.43. The first-order valence-electron chi connectivity index (χ1n) is 5.33. The molecule has 0 spiro atoms. The van der Waals surface area contributed by atoms with Gasteiger partial charge in [0.1, 0.15) is 5.82 Å². The van der Waals surface area contributed by atoms with Gasteiger partial charge in [-0.2, -0.15) is 0 Å². The maximum absolute atomic E-state index is 12.9. The Hall–Kier alpha value is -1.42. The molecule has 1 atom stereocenters. The molecule has 1 unspecified atom stereocenters. The minimum Gasteiger partial charge on any atom is -0.358 e. The summed E-state index contributed by atoms with van der Waals surface area (Å²) in [7, 11) is 1.60. The summed E-state index contributed by atoms with van der Waals surface area (Å²) >= 11 is 0. The molecule has 0 fully saturated rings. The van der Waals surface area contributed by atoms with Crippen LogP contribution in [0.1, 0.15) is 12.5 Å². The number of rotatable bonds is 5. The van der Waals surface area contributed by atoms with Crippen LogP contribution in [0.5, 0.6) is 0 Å². The number of hydrogen-bond donors (Lipinski definition) is 2. The van der Waals surface area contributed by atoms with Crippen LogP contribution in [0.2, 0.25) is 0 Å². The van der Waals surface area contributed by atoms with Gasteiger partial charge >= 0.3 is 0 Å². The summed E-state index contributed by atoms with van der Waals surface area (Å²) in [5, 5.41) is 5.63. The molecule has 1 rings (SSSR count). The van der Waals surface area contributed by atoms with E-state index in [1.807, 2.05) is 6.07 Å². The van der Waals surface area contributed by atoms with Crippen LogP contribution < -0.4 is 10.6 Å². The van der Waals surface area contributed by atoms with Gasteiger partial charge in [-0.3, -0.25) is 4.79 Å². The van der Waals surface area contributed by atoms with E-state index in [0.29, 0.717) is 13.0 Å². The number of carbonyl (C=O) groups excluding carboxylic acids is 1. The molecular formula is C12H17FN2O. The zero-order chi connectivity index (χ0) is 12.0. The third kappa shape index (κ3) is 3.98. The Labute approximate surface area is 95.0 Å². The summed E-state index contributed by atoms with van der Waals surface area (Å²) in [5.41, 5.74) is 0.927. The molecule has 0 aliphatic heterocycles. The van der Waals surface area contributed by atoms with E-state index in [-0.39, 0.29) is 17.8 Å². The van der Waals surface area contributed by atoms with Gasteiger partial charge in [0, 0.05) is 7.05 Å². The molecule has 16 heavy (non-hydrogen) atoms. The van der Waals surface area contributed by atoms with Crippen molar-refractivity contribution < 1.29 is 9.18 Å². The molecule has 1 amide bonds. The Morgan fingerprint density at radius 1 is 1.50 bits per heavy atom. The van der Waals surface area contributed by atoms with Crippen LogP contribution in [0.4, 0.5) is 4.39 Å². The number of hydrogen-bond acceptors (Lipinski definition) is 2. The molecule has 0 radical (unpaired) electrons. The van der Waals surface area contributed by atoms with E-state index in [0.717, 1.165) is 5.56 Å².